The molecule has 0 spiro atoms. The number of fused-ring (bicyclic) bond motifs is 3. The molecule has 1 heterocycles. The summed E-state index contributed by atoms with van der Waals surface area (Å²) in [6, 6.07) is 11.0. The Kier molecular flexibility index (Phi) is 2.29. The number of carbonyl (C=O) groups is 1. The van der Waals surface area contributed by atoms with Crippen LogP contribution >= 0.6 is 11.3 Å². The Labute approximate surface area is 107 Å². The fourth-order valence-corrected chi connectivity index (χ4v) is 3.01. The number of nitrogens with zero attached hydrogens (tertiary/aromatic N) is 1. The van der Waals surface area contributed by atoms with Gasteiger partial charge in [0.05, 0.1) is 17.2 Å². The zero-order valence-electron chi connectivity index (χ0n) is 9.18. The van der Waals surface area contributed by atoms with Crippen molar-refractivity contribution in [3.63, 3.8) is 0 Å². The minimum Gasteiger partial charge on any atom is -0.478 e. The molecule has 3 nitrogen and oxygen atoms in total. The Morgan fingerprint density at radius 2 is 2.06 bits per heavy atom. The number of carboxylic acids is 1. The van der Waals surface area contributed by atoms with Gasteiger partial charge in [-0.1, -0.05) is 6.07 Å². The van der Waals surface area contributed by atoms with E-state index in [2.05, 4.69) is 6.07 Å². The third kappa shape index (κ3) is 1.45. The van der Waals surface area contributed by atoms with E-state index in [1.165, 1.54) is 11.3 Å². The maximum absolute atomic E-state index is 11.2. The van der Waals surface area contributed by atoms with E-state index in [0.717, 1.165) is 20.9 Å². The summed E-state index contributed by atoms with van der Waals surface area (Å²) in [6.45, 7) is 0. The quantitative estimate of drug-likeness (QED) is 0.720. The van der Waals surface area contributed by atoms with Crippen LogP contribution < -0.4 is 0 Å². The highest BCUT2D eigenvalue weighted by molar-refractivity contribution is 7.17. The van der Waals surface area contributed by atoms with E-state index in [4.69, 9.17) is 5.26 Å². The molecule has 18 heavy (non-hydrogen) atoms. The van der Waals surface area contributed by atoms with E-state index < -0.39 is 5.97 Å². The average molecular weight is 253 g/mol. The second-order valence-electron chi connectivity index (χ2n) is 3.94. The van der Waals surface area contributed by atoms with Gasteiger partial charge in [0.25, 0.3) is 0 Å². The van der Waals surface area contributed by atoms with Crippen LogP contribution in [0.4, 0.5) is 0 Å². The van der Waals surface area contributed by atoms with Gasteiger partial charge in [-0.25, -0.2) is 4.79 Å². The Morgan fingerprint density at radius 3 is 2.78 bits per heavy atom. The van der Waals surface area contributed by atoms with Crippen LogP contribution in [0.15, 0.2) is 35.7 Å². The SMILES string of the molecule is N#Cc1ccc2cc(C(=O)O)c3sccc3c2c1. The number of aromatic carboxylic acids is 1. The zero-order valence-corrected chi connectivity index (χ0v) is 9.99. The van der Waals surface area contributed by atoms with Crippen LogP contribution in [-0.2, 0) is 0 Å². The van der Waals surface area contributed by atoms with Crippen LogP contribution in [0, 0.1) is 11.3 Å². The van der Waals surface area contributed by atoms with Gasteiger partial charge in [-0.05, 0) is 40.4 Å². The number of hydrogen-bond donors (Lipinski definition) is 1. The fraction of sp³-hybridized carbons (Fsp3) is 0. The summed E-state index contributed by atoms with van der Waals surface area (Å²) in [4.78, 5) is 11.2. The molecule has 0 radical (unpaired) electrons. The third-order valence-corrected chi connectivity index (χ3v) is 3.86. The molecule has 0 aliphatic carbocycles. The molecular weight excluding hydrogens is 246 g/mol. The van der Waals surface area contributed by atoms with Gasteiger partial charge in [0.2, 0.25) is 0 Å². The van der Waals surface area contributed by atoms with Crippen LogP contribution in [0.1, 0.15) is 15.9 Å². The highest BCUT2D eigenvalue weighted by Crippen LogP contribution is 2.33. The minimum atomic E-state index is -0.922. The van der Waals surface area contributed by atoms with E-state index in [1.54, 1.807) is 24.3 Å². The summed E-state index contributed by atoms with van der Waals surface area (Å²) in [5.41, 5.74) is 0.898. The highest BCUT2D eigenvalue weighted by Gasteiger charge is 2.13. The molecule has 0 saturated carbocycles. The normalized spacial score (nSPS) is 10.6. The molecule has 1 aromatic heterocycles. The van der Waals surface area contributed by atoms with Crippen molar-refractivity contribution in [1.82, 2.24) is 0 Å². The summed E-state index contributed by atoms with van der Waals surface area (Å²) in [5.74, 6) is -0.922. The summed E-state index contributed by atoms with van der Waals surface area (Å²) in [6.07, 6.45) is 0. The molecule has 0 atom stereocenters. The lowest BCUT2D eigenvalue weighted by atomic mass is 10.0. The number of rotatable bonds is 1. The van der Waals surface area contributed by atoms with Crippen molar-refractivity contribution in [2.75, 3.05) is 0 Å². The number of nitriles is 1. The van der Waals surface area contributed by atoms with Crippen molar-refractivity contribution in [3.8, 4) is 6.07 Å². The van der Waals surface area contributed by atoms with Crippen LogP contribution in [0.3, 0.4) is 0 Å². The molecular formula is C14H7NO2S. The molecule has 1 N–H and O–H groups in total. The Bertz CT molecular complexity index is 827. The van der Waals surface area contributed by atoms with Crippen molar-refractivity contribution in [1.29, 1.82) is 5.26 Å². The van der Waals surface area contributed by atoms with Crippen LogP contribution in [-0.4, -0.2) is 11.1 Å². The average Bonchev–Trinajstić information content (AvgIpc) is 2.86. The zero-order chi connectivity index (χ0) is 12.7. The molecule has 86 valence electrons. The maximum Gasteiger partial charge on any atom is 0.337 e. The highest BCUT2D eigenvalue weighted by atomic mass is 32.1. The van der Waals surface area contributed by atoms with E-state index in [-0.39, 0.29) is 0 Å². The first-order valence-electron chi connectivity index (χ1n) is 5.28. The van der Waals surface area contributed by atoms with E-state index in [9.17, 15) is 9.90 Å². The van der Waals surface area contributed by atoms with E-state index in [1.807, 2.05) is 11.4 Å². The molecule has 4 heteroatoms. The standard InChI is InChI=1S/C14H7NO2S/c15-7-8-1-2-9-6-12(14(16)17)13-10(3-4-18-13)11(9)5-8/h1-6H,(H,16,17). The van der Waals surface area contributed by atoms with Crippen LogP contribution in [0.5, 0.6) is 0 Å². The Hall–Kier alpha value is -2.38. The van der Waals surface area contributed by atoms with Gasteiger partial charge in [0.15, 0.2) is 0 Å². The number of thiophene rings is 1. The molecule has 0 unspecified atom stereocenters. The molecule has 0 bridgehead atoms. The first-order valence-corrected chi connectivity index (χ1v) is 6.16. The summed E-state index contributed by atoms with van der Waals surface area (Å²) in [7, 11) is 0. The Balaban J connectivity index is 2.52. The van der Waals surface area contributed by atoms with Gasteiger partial charge in [-0.2, -0.15) is 5.26 Å². The van der Waals surface area contributed by atoms with Crippen molar-refractivity contribution in [2.24, 2.45) is 0 Å². The second kappa shape index (κ2) is 3.83. The predicted octanol–water partition coefficient (Wildman–Crippen LogP) is 3.62. The number of benzene rings is 2. The van der Waals surface area contributed by atoms with Crippen LogP contribution in [0.2, 0.25) is 0 Å². The Morgan fingerprint density at radius 1 is 1.22 bits per heavy atom. The molecule has 0 saturated heterocycles. The van der Waals surface area contributed by atoms with Gasteiger partial charge in [-0.3, -0.25) is 0 Å². The molecule has 3 aromatic rings. The summed E-state index contributed by atoms with van der Waals surface area (Å²) >= 11 is 1.41. The van der Waals surface area contributed by atoms with Crippen molar-refractivity contribution >= 4 is 38.2 Å². The molecule has 0 aliphatic heterocycles. The molecule has 0 aliphatic rings. The number of carboxylic acid groups (broad SMARTS) is 1. The first-order chi connectivity index (χ1) is 8.70. The first kappa shape index (κ1) is 10.8. The van der Waals surface area contributed by atoms with E-state index in [0.29, 0.717) is 11.1 Å². The lowest BCUT2D eigenvalue weighted by molar-refractivity contribution is 0.0699. The smallest absolute Gasteiger partial charge is 0.337 e. The van der Waals surface area contributed by atoms with E-state index >= 15 is 0 Å². The second-order valence-corrected chi connectivity index (χ2v) is 4.86. The molecule has 0 fully saturated rings. The van der Waals surface area contributed by atoms with Crippen molar-refractivity contribution in [3.05, 3.63) is 46.8 Å². The van der Waals surface area contributed by atoms with Crippen LogP contribution in [0.25, 0.3) is 20.9 Å². The van der Waals surface area contributed by atoms with Crippen molar-refractivity contribution in [2.45, 2.75) is 0 Å². The minimum absolute atomic E-state index is 0.317. The fourth-order valence-electron chi connectivity index (χ4n) is 2.09. The van der Waals surface area contributed by atoms with Gasteiger partial charge in [0, 0.05) is 10.1 Å². The molecule has 2 aromatic carbocycles. The summed E-state index contributed by atoms with van der Waals surface area (Å²) < 4.78 is 0.755. The van der Waals surface area contributed by atoms with Gasteiger partial charge in [-0.15, -0.1) is 11.3 Å². The largest absolute Gasteiger partial charge is 0.478 e. The number of hydrogen-bond acceptors (Lipinski definition) is 3. The van der Waals surface area contributed by atoms with Crippen molar-refractivity contribution < 1.29 is 9.90 Å². The molecule has 3 rings (SSSR count). The third-order valence-electron chi connectivity index (χ3n) is 2.91. The lowest BCUT2D eigenvalue weighted by Gasteiger charge is -2.04. The molecule has 0 amide bonds. The predicted molar refractivity (Wildman–Crippen MR) is 71.0 cm³/mol. The van der Waals surface area contributed by atoms with Gasteiger partial charge in [0.1, 0.15) is 0 Å². The monoisotopic (exact) mass is 253 g/mol. The lowest BCUT2D eigenvalue weighted by Crippen LogP contribution is -1.96. The van der Waals surface area contributed by atoms with Gasteiger partial charge >= 0.3 is 5.97 Å². The topological polar surface area (TPSA) is 61.1 Å². The van der Waals surface area contributed by atoms with Gasteiger partial charge < -0.3 is 5.11 Å². The summed E-state index contributed by atoms with van der Waals surface area (Å²) in [5, 5.41) is 22.7. The maximum atomic E-state index is 11.2.